The highest BCUT2D eigenvalue weighted by Crippen LogP contribution is 2.11. The highest BCUT2D eigenvalue weighted by Gasteiger charge is 1.98. The molecule has 0 spiro atoms. The molecule has 0 aliphatic heterocycles. The summed E-state index contributed by atoms with van der Waals surface area (Å²) in [5.74, 6) is 5.50. The Bertz CT molecular complexity index is 363. The summed E-state index contributed by atoms with van der Waals surface area (Å²) in [6, 6.07) is 6.89. The van der Waals surface area contributed by atoms with Crippen molar-refractivity contribution < 1.29 is 14.3 Å². The number of aldehydes is 1. The third-order valence-corrected chi connectivity index (χ3v) is 2.24. The van der Waals surface area contributed by atoms with E-state index in [1.54, 1.807) is 24.3 Å². The Kier molecular flexibility index (Phi) is 5.74. The van der Waals surface area contributed by atoms with Gasteiger partial charge in [0.1, 0.15) is 12.0 Å². The standard InChI is InChI=1S/C12H16N2O3/c13-14-12(16)3-1-2-8-17-11-6-4-10(9-15)5-7-11/h4-7,9H,1-3,8,13H2,(H,14,16). The van der Waals surface area contributed by atoms with Crippen molar-refractivity contribution in [3.05, 3.63) is 29.8 Å². The van der Waals surface area contributed by atoms with E-state index in [0.717, 1.165) is 24.9 Å². The molecule has 0 aliphatic carbocycles. The molecule has 0 heterocycles. The van der Waals surface area contributed by atoms with Crippen LogP contribution in [0.2, 0.25) is 0 Å². The number of amides is 1. The first-order valence-electron chi connectivity index (χ1n) is 5.43. The highest BCUT2D eigenvalue weighted by molar-refractivity contribution is 5.75. The number of ether oxygens (including phenoxy) is 1. The molecule has 3 N–H and O–H groups in total. The topological polar surface area (TPSA) is 81.4 Å². The number of rotatable bonds is 7. The van der Waals surface area contributed by atoms with E-state index in [0.29, 0.717) is 18.6 Å². The predicted molar refractivity (Wildman–Crippen MR) is 63.5 cm³/mol. The van der Waals surface area contributed by atoms with E-state index in [1.165, 1.54) is 0 Å². The van der Waals surface area contributed by atoms with E-state index >= 15 is 0 Å². The van der Waals surface area contributed by atoms with Crippen molar-refractivity contribution in [2.45, 2.75) is 19.3 Å². The quantitative estimate of drug-likeness (QED) is 0.244. The molecule has 0 saturated carbocycles. The molecule has 0 fully saturated rings. The number of hydrogen-bond acceptors (Lipinski definition) is 4. The molecule has 1 aromatic rings. The number of unbranched alkanes of at least 4 members (excludes halogenated alkanes) is 1. The van der Waals surface area contributed by atoms with Gasteiger partial charge in [-0.1, -0.05) is 0 Å². The van der Waals surface area contributed by atoms with Crippen LogP contribution in [-0.2, 0) is 4.79 Å². The summed E-state index contributed by atoms with van der Waals surface area (Å²) in [4.78, 5) is 21.2. The molecule has 0 aromatic heterocycles. The predicted octanol–water partition coefficient (Wildman–Crippen LogP) is 1.04. The van der Waals surface area contributed by atoms with Crippen LogP contribution in [0.1, 0.15) is 29.6 Å². The third-order valence-electron chi connectivity index (χ3n) is 2.24. The number of hydrogen-bond donors (Lipinski definition) is 2. The molecular weight excluding hydrogens is 220 g/mol. The zero-order chi connectivity index (χ0) is 12.5. The van der Waals surface area contributed by atoms with Gasteiger partial charge in [0, 0.05) is 12.0 Å². The van der Waals surface area contributed by atoms with Crippen molar-refractivity contribution in [2.75, 3.05) is 6.61 Å². The summed E-state index contributed by atoms with van der Waals surface area (Å²) in [7, 11) is 0. The van der Waals surface area contributed by atoms with Crippen LogP contribution in [0.25, 0.3) is 0 Å². The minimum atomic E-state index is -0.166. The lowest BCUT2D eigenvalue weighted by Crippen LogP contribution is -2.29. The Morgan fingerprint density at radius 2 is 2.00 bits per heavy atom. The molecule has 1 rings (SSSR count). The van der Waals surface area contributed by atoms with Crippen LogP contribution >= 0.6 is 0 Å². The van der Waals surface area contributed by atoms with Crippen molar-refractivity contribution in [3.8, 4) is 5.75 Å². The van der Waals surface area contributed by atoms with Gasteiger partial charge in [-0.15, -0.1) is 0 Å². The second kappa shape index (κ2) is 7.40. The molecule has 0 atom stereocenters. The number of benzene rings is 1. The Hall–Kier alpha value is -1.88. The molecule has 5 heteroatoms. The first-order valence-corrected chi connectivity index (χ1v) is 5.43. The van der Waals surface area contributed by atoms with Gasteiger partial charge in [0.25, 0.3) is 0 Å². The van der Waals surface area contributed by atoms with Crippen molar-refractivity contribution in [3.63, 3.8) is 0 Å². The van der Waals surface area contributed by atoms with Gasteiger partial charge in [-0.2, -0.15) is 0 Å². The summed E-state index contributed by atoms with van der Waals surface area (Å²) in [6.45, 7) is 0.540. The molecule has 0 bridgehead atoms. The van der Waals surface area contributed by atoms with Gasteiger partial charge in [0.15, 0.2) is 0 Å². The van der Waals surface area contributed by atoms with Crippen LogP contribution in [-0.4, -0.2) is 18.8 Å². The van der Waals surface area contributed by atoms with Crippen LogP contribution in [0.15, 0.2) is 24.3 Å². The van der Waals surface area contributed by atoms with Crippen LogP contribution < -0.4 is 16.0 Å². The van der Waals surface area contributed by atoms with Crippen LogP contribution in [0, 0.1) is 0 Å². The van der Waals surface area contributed by atoms with Crippen LogP contribution in [0.5, 0.6) is 5.75 Å². The smallest absolute Gasteiger partial charge is 0.233 e. The van der Waals surface area contributed by atoms with Crippen molar-refractivity contribution in [1.82, 2.24) is 5.43 Å². The molecule has 92 valence electrons. The van der Waals surface area contributed by atoms with Gasteiger partial charge < -0.3 is 4.74 Å². The molecular formula is C12H16N2O3. The number of carbonyl (C=O) groups is 2. The number of carbonyl (C=O) groups excluding carboxylic acids is 2. The molecule has 1 aromatic carbocycles. The second-order valence-electron chi connectivity index (χ2n) is 3.56. The largest absolute Gasteiger partial charge is 0.494 e. The Morgan fingerprint density at radius 1 is 1.29 bits per heavy atom. The molecule has 17 heavy (non-hydrogen) atoms. The Labute approximate surface area is 99.9 Å². The Morgan fingerprint density at radius 3 is 2.59 bits per heavy atom. The van der Waals surface area contributed by atoms with E-state index in [1.807, 2.05) is 0 Å². The van der Waals surface area contributed by atoms with Crippen molar-refractivity contribution in [2.24, 2.45) is 5.84 Å². The Balaban J connectivity index is 2.17. The lowest BCUT2D eigenvalue weighted by Gasteiger charge is -2.05. The van der Waals surface area contributed by atoms with E-state index in [2.05, 4.69) is 5.43 Å². The van der Waals surface area contributed by atoms with E-state index < -0.39 is 0 Å². The van der Waals surface area contributed by atoms with Gasteiger partial charge in [-0.25, -0.2) is 5.84 Å². The summed E-state index contributed by atoms with van der Waals surface area (Å²) in [5.41, 5.74) is 2.70. The maximum Gasteiger partial charge on any atom is 0.233 e. The second-order valence-corrected chi connectivity index (χ2v) is 3.56. The fraction of sp³-hybridized carbons (Fsp3) is 0.333. The van der Waals surface area contributed by atoms with Crippen LogP contribution in [0.3, 0.4) is 0 Å². The van der Waals surface area contributed by atoms with Gasteiger partial charge in [-0.3, -0.25) is 15.0 Å². The summed E-state index contributed by atoms with van der Waals surface area (Å²) in [6.07, 6.45) is 2.71. The summed E-state index contributed by atoms with van der Waals surface area (Å²) >= 11 is 0. The molecule has 0 saturated heterocycles. The SMILES string of the molecule is NNC(=O)CCCCOc1ccc(C=O)cc1. The maximum absolute atomic E-state index is 10.8. The molecule has 5 nitrogen and oxygen atoms in total. The summed E-state index contributed by atoms with van der Waals surface area (Å²) < 4.78 is 5.44. The molecule has 1 amide bonds. The number of hydrazine groups is 1. The summed E-state index contributed by atoms with van der Waals surface area (Å²) in [5, 5.41) is 0. The van der Waals surface area contributed by atoms with Gasteiger partial charge in [0.2, 0.25) is 5.91 Å². The van der Waals surface area contributed by atoms with Gasteiger partial charge >= 0.3 is 0 Å². The number of nitrogens with one attached hydrogen (secondary N) is 1. The monoisotopic (exact) mass is 236 g/mol. The molecule has 0 radical (unpaired) electrons. The van der Waals surface area contributed by atoms with Crippen LogP contribution in [0.4, 0.5) is 0 Å². The fourth-order valence-electron chi connectivity index (χ4n) is 1.29. The van der Waals surface area contributed by atoms with Crippen molar-refractivity contribution in [1.29, 1.82) is 0 Å². The van der Waals surface area contributed by atoms with E-state index in [9.17, 15) is 9.59 Å². The zero-order valence-corrected chi connectivity index (χ0v) is 9.52. The average molecular weight is 236 g/mol. The number of nitrogens with two attached hydrogens (primary N) is 1. The fourth-order valence-corrected chi connectivity index (χ4v) is 1.29. The lowest BCUT2D eigenvalue weighted by atomic mass is 10.2. The highest BCUT2D eigenvalue weighted by atomic mass is 16.5. The minimum Gasteiger partial charge on any atom is -0.494 e. The zero-order valence-electron chi connectivity index (χ0n) is 9.52. The minimum absolute atomic E-state index is 0.166. The van der Waals surface area contributed by atoms with Gasteiger partial charge in [-0.05, 0) is 37.1 Å². The normalized spacial score (nSPS) is 9.71. The third kappa shape index (κ3) is 5.12. The first kappa shape index (κ1) is 13.2. The van der Waals surface area contributed by atoms with E-state index in [4.69, 9.17) is 10.6 Å². The van der Waals surface area contributed by atoms with Crippen molar-refractivity contribution >= 4 is 12.2 Å². The van der Waals surface area contributed by atoms with E-state index in [-0.39, 0.29) is 5.91 Å². The average Bonchev–Trinajstić information content (AvgIpc) is 2.38. The van der Waals surface area contributed by atoms with Gasteiger partial charge in [0.05, 0.1) is 6.61 Å². The lowest BCUT2D eigenvalue weighted by molar-refractivity contribution is -0.121. The maximum atomic E-state index is 10.8. The molecule has 0 aliphatic rings. The molecule has 0 unspecified atom stereocenters. The first-order chi connectivity index (χ1) is 8.26.